The molecule has 0 radical (unpaired) electrons. The highest BCUT2D eigenvalue weighted by molar-refractivity contribution is 6.03. The van der Waals surface area contributed by atoms with Crippen molar-refractivity contribution in [2.24, 2.45) is 5.92 Å². The molecule has 0 saturated carbocycles. The molecule has 0 amide bonds. The summed E-state index contributed by atoms with van der Waals surface area (Å²) in [5, 5.41) is 0. The normalized spacial score (nSPS) is 15.8. The van der Waals surface area contributed by atoms with Crippen LogP contribution in [0, 0.1) is 5.92 Å². The van der Waals surface area contributed by atoms with Crippen LogP contribution in [-0.4, -0.2) is 5.78 Å². The number of hydrogen-bond donors (Lipinski definition) is 0. The van der Waals surface area contributed by atoms with Crippen molar-refractivity contribution < 1.29 is 4.79 Å². The first-order valence-electron chi connectivity index (χ1n) is 4.88. The fourth-order valence-electron chi connectivity index (χ4n) is 1.15. The van der Waals surface area contributed by atoms with E-state index in [0.717, 1.165) is 12.0 Å². The van der Waals surface area contributed by atoms with Crippen molar-refractivity contribution in [3.8, 4) is 0 Å². The van der Waals surface area contributed by atoms with Crippen LogP contribution in [0.25, 0.3) is 0 Å². The maximum absolute atomic E-state index is 11.5. The lowest BCUT2D eigenvalue weighted by atomic mass is 9.94. The highest BCUT2D eigenvalue weighted by Crippen LogP contribution is 2.18. The fourth-order valence-corrected chi connectivity index (χ4v) is 1.15. The van der Waals surface area contributed by atoms with Crippen molar-refractivity contribution in [3.63, 3.8) is 0 Å². The van der Waals surface area contributed by atoms with Crippen LogP contribution < -0.4 is 0 Å². The van der Waals surface area contributed by atoms with Crippen LogP contribution >= 0.6 is 0 Å². The van der Waals surface area contributed by atoms with Gasteiger partial charge in [-0.25, -0.2) is 0 Å². The Labute approximate surface area is 81.5 Å². The highest BCUT2D eigenvalue weighted by Gasteiger charge is 2.08. The average Bonchev–Trinajstić information content (AvgIpc) is 2.14. The molecule has 0 unspecified atom stereocenters. The van der Waals surface area contributed by atoms with Gasteiger partial charge >= 0.3 is 0 Å². The van der Waals surface area contributed by atoms with Crippen LogP contribution in [-0.2, 0) is 4.79 Å². The van der Waals surface area contributed by atoms with Crippen LogP contribution in [0.2, 0.25) is 0 Å². The molecular weight excluding hydrogens is 160 g/mol. The molecule has 1 nitrogen and oxygen atoms in total. The Kier molecular flexibility index (Phi) is 5.36. The minimum atomic E-state index is 0.139. The molecule has 0 N–H and O–H groups in total. The molecule has 0 rings (SSSR count). The van der Waals surface area contributed by atoms with Gasteiger partial charge in [0.2, 0.25) is 0 Å². The maximum atomic E-state index is 11.5. The van der Waals surface area contributed by atoms with E-state index < -0.39 is 0 Å². The number of rotatable bonds is 4. The molecule has 74 valence electrons. The Morgan fingerprint density at radius 1 is 1.38 bits per heavy atom. The average molecular weight is 180 g/mol. The second-order valence-electron chi connectivity index (χ2n) is 3.48. The van der Waals surface area contributed by atoms with Crippen LogP contribution in [0.1, 0.15) is 41.0 Å². The topological polar surface area (TPSA) is 17.1 Å². The van der Waals surface area contributed by atoms with Crippen molar-refractivity contribution in [1.29, 1.82) is 0 Å². The second kappa shape index (κ2) is 5.74. The van der Waals surface area contributed by atoms with Crippen LogP contribution in [0.15, 0.2) is 23.3 Å². The molecule has 0 aliphatic carbocycles. The molecule has 0 heterocycles. The first-order chi connectivity index (χ1) is 6.04. The molecule has 0 aromatic rings. The van der Waals surface area contributed by atoms with E-state index >= 15 is 0 Å². The predicted octanol–water partition coefficient (Wildman–Crippen LogP) is 3.51. The van der Waals surface area contributed by atoms with Gasteiger partial charge in [-0.15, -0.1) is 0 Å². The molecule has 0 spiro atoms. The maximum Gasteiger partial charge on any atom is 0.181 e. The summed E-state index contributed by atoms with van der Waals surface area (Å²) in [6.07, 6.45) is 4.50. The smallest absolute Gasteiger partial charge is 0.181 e. The molecule has 0 fully saturated rings. The molecule has 0 saturated heterocycles. The van der Waals surface area contributed by atoms with Gasteiger partial charge in [0.1, 0.15) is 0 Å². The van der Waals surface area contributed by atoms with Gasteiger partial charge in [-0.1, -0.05) is 25.5 Å². The Hall–Kier alpha value is -0.850. The summed E-state index contributed by atoms with van der Waals surface area (Å²) in [6.45, 7) is 10.1. The number of carbonyl (C=O) groups excluding carboxylic acids is 1. The molecule has 0 aromatic carbocycles. The minimum Gasteiger partial charge on any atom is -0.290 e. The van der Waals surface area contributed by atoms with Gasteiger partial charge in [0.15, 0.2) is 5.78 Å². The number of carbonyl (C=O) groups is 1. The fraction of sp³-hybridized carbons (Fsp3) is 0.583. The standard InChI is InChI=1S/C12H20O/c1-6-8-12(13)11(5)10(4)9(3)7-2/h6,8-9H,7H2,1-5H3/b8-6+,11-10+/t9-/m0/s1. The lowest BCUT2D eigenvalue weighted by Gasteiger charge is -2.11. The molecule has 0 bridgehead atoms. The molecule has 0 aliphatic rings. The third kappa shape index (κ3) is 3.58. The summed E-state index contributed by atoms with van der Waals surface area (Å²) in [6, 6.07) is 0. The summed E-state index contributed by atoms with van der Waals surface area (Å²) >= 11 is 0. The van der Waals surface area contributed by atoms with Gasteiger partial charge < -0.3 is 0 Å². The van der Waals surface area contributed by atoms with Gasteiger partial charge in [-0.3, -0.25) is 4.79 Å². The van der Waals surface area contributed by atoms with Crippen LogP contribution in [0.5, 0.6) is 0 Å². The lowest BCUT2D eigenvalue weighted by molar-refractivity contribution is -0.111. The third-order valence-corrected chi connectivity index (χ3v) is 2.63. The van der Waals surface area contributed by atoms with Gasteiger partial charge in [-0.2, -0.15) is 0 Å². The molecule has 0 aromatic heterocycles. The van der Waals surface area contributed by atoms with E-state index in [1.807, 2.05) is 20.8 Å². The van der Waals surface area contributed by atoms with Gasteiger partial charge in [0, 0.05) is 0 Å². The first kappa shape index (κ1) is 12.2. The zero-order chi connectivity index (χ0) is 10.4. The quantitative estimate of drug-likeness (QED) is 0.605. The van der Waals surface area contributed by atoms with Crippen molar-refractivity contribution in [2.75, 3.05) is 0 Å². The van der Waals surface area contributed by atoms with Gasteiger partial charge in [-0.05, 0) is 44.8 Å². The zero-order valence-electron chi connectivity index (χ0n) is 9.35. The van der Waals surface area contributed by atoms with Crippen LogP contribution in [0.3, 0.4) is 0 Å². The summed E-state index contributed by atoms with van der Waals surface area (Å²) in [4.78, 5) is 11.5. The SMILES string of the molecule is C/C=C/C(=O)/C(C)=C(\C)[C@@H](C)CC. The molecular formula is C12H20O. The van der Waals surface area contributed by atoms with E-state index in [2.05, 4.69) is 13.8 Å². The van der Waals surface area contributed by atoms with E-state index in [1.54, 1.807) is 12.2 Å². The third-order valence-electron chi connectivity index (χ3n) is 2.63. The first-order valence-corrected chi connectivity index (χ1v) is 4.88. The highest BCUT2D eigenvalue weighted by atomic mass is 16.1. The number of hydrogen-bond acceptors (Lipinski definition) is 1. The lowest BCUT2D eigenvalue weighted by Crippen LogP contribution is -2.03. The number of allylic oxidation sites excluding steroid dienone is 4. The van der Waals surface area contributed by atoms with Gasteiger partial charge in [0.05, 0.1) is 0 Å². The summed E-state index contributed by atoms with van der Waals surface area (Å²) in [5.41, 5.74) is 2.11. The summed E-state index contributed by atoms with van der Waals surface area (Å²) < 4.78 is 0. The predicted molar refractivity (Wildman–Crippen MR) is 57.7 cm³/mol. The Morgan fingerprint density at radius 3 is 2.31 bits per heavy atom. The summed E-state index contributed by atoms with van der Waals surface area (Å²) in [5.74, 6) is 0.648. The Balaban J connectivity index is 4.70. The number of ketones is 1. The van der Waals surface area contributed by atoms with Gasteiger partial charge in [0.25, 0.3) is 0 Å². The van der Waals surface area contributed by atoms with Crippen molar-refractivity contribution in [3.05, 3.63) is 23.3 Å². The molecule has 13 heavy (non-hydrogen) atoms. The monoisotopic (exact) mass is 180 g/mol. The largest absolute Gasteiger partial charge is 0.290 e. The second-order valence-corrected chi connectivity index (χ2v) is 3.48. The molecule has 1 heteroatoms. The van der Waals surface area contributed by atoms with E-state index in [4.69, 9.17) is 0 Å². The van der Waals surface area contributed by atoms with Crippen molar-refractivity contribution in [2.45, 2.75) is 41.0 Å². The van der Waals surface area contributed by atoms with E-state index in [9.17, 15) is 4.79 Å². The molecule has 1 atom stereocenters. The van der Waals surface area contributed by atoms with E-state index in [1.165, 1.54) is 5.57 Å². The van der Waals surface area contributed by atoms with E-state index in [0.29, 0.717) is 5.92 Å². The zero-order valence-corrected chi connectivity index (χ0v) is 9.35. The van der Waals surface area contributed by atoms with Crippen molar-refractivity contribution >= 4 is 5.78 Å². The Morgan fingerprint density at radius 2 is 1.92 bits per heavy atom. The summed E-state index contributed by atoms with van der Waals surface area (Å²) in [7, 11) is 0. The Bertz CT molecular complexity index is 234. The minimum absolute atomic E-state index is 0.139. The van der Waals surface area contributed by atoms with Crippen LogP contribution in [0.4, 0.5) is 0 Å². The van der Waals surface area contributed by atoms with E-state index in [-0.39, 0.29) is 5.78 Å². The molecule has 0 aliphatic heterocycles. The van der Waals surface area contributed by atoms with Crippen molar-refractivity contribution in [1.82, 2.24) is 0 Å².